The zero-order chi connectivity index (χ0) is 13.9. The molecule has 0 aromatic heterocycles. The van der Waals surface area contributed by atoms with Gasteiger partial charge in [0.2, 0.25) is 0 Å². The van der Waals surface area contributed by atoms with Crippen LogP contribution in [0.15, 0.2) is 18.2 Å². The van der Waals surface area contributed by atoms with Crippen LogP contribution in [0, 0.1) is 0 Å². The van der Waals surface area contributed by atoms with Crippen LogP contribution in [0.3, 0.4) is 0 Å². The minimum absolute atomic E-state index is 0.0194. The van der Waals surface area contributed by atoms with Crippen molar-refractivity contribution < 1.29 is 9.53 Å². The zero-order valence-electron chi connectivity index (χ0n) is 11.7. The highest BCUT2D eigenvalue weighted by atomic mass is 16.5. The van der Waals surface area contributed by atoms with Gasteiger partial charge in [-0.15, -0.1) is 0 Å². The van der Waals surface area contributed by atoms with Crippen molar-refractivity contribution >= 4 is 5.91 Å². The number of hydrogen-bond donors (Lipinski definition) is 2. The van der Waals surface area contributed by atoms with E-state index in [1.165, 1.54) is 24.0 Å². The molecule has 20 heavy (non-hydrogen) atoms. The predicted octanol–water partition coefficient (Wildman–Crippen LogP) is 2.07. The molecule has 108 valence electrons. The molecule has 0 unspecified atom stereocenters. The molecule has 1 aromatic carbocycles. The van der Waals surface area contributed by atoms with Gasteiger partial charge in [0.05, 0.1) is 0 Å². The summed E-state index contributed by atoms with van der Waals surface area (Å²) in [5.74, 6) is 0.744. The van der Waals surface area contributed by atoms with Gasteiger partial charge in [0.15, 0.2) is 6.61 Å². The maximum absolute atomic E-state index is 11.8. The van der Waals surface area contributed by atoms with E-state index in [1.807, 2.05) is 18.2 Å². The van der Waals surface area contributed by atoms with Crippen LogP contribution < -0.4 is 15.8 Å². The summed E-state index contributed by atoms with van der Waals surface area (Å²) in [5.41, 5.74) is 8.48. The van der Waals surface area contributed by atoms with Crippen molar-refractivity contribution in [3.63, 3.8) is 0 Å². The fourth-order valence-electron chi connectivity index (χ4n) is 3.21. The lowest BCUT2D eigenvalue weighted by molar-refractivity contribution is -0.123. The molecular weight excluding hydrogens is 252 g/mol. The Kier molecular flexibility index (Phi) is 3.92. The van der Waals surface area contributed by atoms with E-state index in [2.05, 4.69) is 5.32 Å². The summed E-state index contributed by atoms with van der Waals surface area (Å²) in [6.45, 7) is 0.0986. The summed E-state index contributed by atoms with van der Waals surface area (Å²) in [5, 5.41) is 3.02. The largest absolute Gasteiger partial charge is 0.484 e. The summed E-state index contributed by atoms with van der Waals surface area (Å²) in [6.07, 6.45) is 6.64. The molecule has 2 aliphatic rings. The molecule has 0 aliphatic heterocycles. The Balaban J connectivity index is 1.52. The van der Waals surface area contributed by atoms with Gasteiger partial charge in [-0.25, -0.2) is 0 Å². The first-order chi connectivity index (χ1) is 9.72. The Hall–Kier alpha value is -1.55. The second-order valence-electron chi connectivity index (χ2n) is 5.84. The quantitative estimate of drug-likeness (QED) is 0.883. The molecular formula is C16H22N2O2. The fraction of sp³-hybridized carbons (Fsp3) is 0.562. The van der Waals surface area contributed by atoms with Crippen LogP contribution in [0.5, 0.6) is 5.75 Å². The van der Waals surface area contributed by atoms with Gasteiger partial charge in [-0.1, -0.05) is 18.9 Å². The van der Waals surface area contributed by atoms with Gasteiger partial charge >= 0.3 is 0 Å². The predicted molar refractivity (Wildman–Crippen MR) is 77.6 cm³/mol. The number of rotatable bonds is 4. The van der Waals surface area contributed by atoms with Gasteiger partial charge in [0.25, 0.3) is 5.91 Å². The lowest BCUT2D eigenvalue weighted by Gasteiger charge is -2.13. The van der Waals surface area contributed by atoms with Crippen LogP contribution in [-0.4, -0.2) is 18.6 Å². The number of carbonyl (C=O) groups is 1. The maximum atomic E-state index is 11.8. The third-order valence-electron chi connectivity index (χ3n) is 4.33. The van der Waals surface area contributed by atoms with E-state index in [0.717, 1.165) is 31.4 Å². The summed E-state index contributed by atoms with van der Waals surface area (Å²) >= 11 is 0. The Morgan fingerprint density at radius 2 is 2.10 bits per heavy atom. The molecule has 1 saturated carbocycles. The molecule has 4 heteroatoms. The molecule has 0 saturated heterocycles. The average Bonchev–Trinajstić information content (AvgIpc) is 3.07. The summed E-state index contributed by atoms with van der Waals surface area (Å²) in [6, 6.07) is 6.46. The minimum atomic E-state index is -0.0194. The van der Waals surface area contributed by atoms with E-state index in [4.69, 9.17) is 10.5 Å². The summed E-state index contributed by atoms with van der Waals surface area (Å²) in [7, 11) is 0. The lowest BCUT2D eigenvalue weighted by atomic mass is 10.1. The first kappa shape index (κ1) is 13.4. The number of fused-ring (bicyclic) bond motifs is 1. The summed E-state index contributed by atoms with van der Waals surface area (Å²) in [4.78, 5) is 11.8. The SMILES string of the molecule is N[C@@H]1CCc2cc(OCC(=O)NC3CCCC3)ccc21. The maximum Gasteiger partial charge on any atom is 0.258 e. The van der Waals surface area contributed by atoms with Crippen LogP contribution in [0.2, 0.25) is 0 Å². The number of nitrogens with one attached hydrogen (secondary N) is 1. The molecule has 4 nitrogen and oxygen atoms in total. The van der Waals surface area contributed by atoms with Crippen molar-refractivity contribution in [3.05, 3.63) is 29.3 Å². The van der Waals surface area contributed by atoms with Crippen LogP contribution in [0.4, 0.5) is 0 Å². The standard InChI is InChI=1S/C16H22N2O2/c17-15-8-5-11-9-13(6-7-14(11)15)20-10-16(19)18-12-3-1-2-4-12/h6-7,9,12,15H,1-5,8,10,17H2,(H,18,19)/t15-/m1/s1. The van der Waals surface area contributed by atoms with Gasteiger partial charge in [-0.3, -0.25) is 4.79 Å². The topological polar surface area (TPSA) is 64.3 Å². The first-order valence-electron chi connectivity index (χ1n) is 7.53. The Bertz CT molecular complexity index is 495. The molecule has 0 bridgehead atoms. The van der Waals surface area contributed by atoms with Crippen molar-refractivity contribution in [1.82, 2.24) is 5.32 Å². The Morgan fingerprint density at radius 3 is 2.90 bits per heavy atom. The molecule has 0 heterocycles. The van der Waals surface area contributed by atoms with Crippen LogP contribution in [0.25, 0.3) is 0 Å². The Labute approximate surface area is 119 Å². The lowest BCUT2D eigenvalue weighted by Crippen LogP contribution is -2.36. The fourth-order valence-corrected chi connectivity index (χ4v) is 3.21. The Morgan fingerprint density at radius 1 is 1.30 bits per heavy atom. The molecule has 3 N–H and O–H groups in total. The number of carbonyl (C=O) groups excluding carboxylic acids is 1. The molecule has 1 fully saturated rings. The highest BCUT2D eigenvalue weighted by molar-refractivity contribution is 5.77. The highest BCUT2D eigenvalue weighted by Gasteiger charge is 2.20. The third-order valence-corrected chi connectivity index (χ3v) is 4.33. The van der Waals surface area contributed by atoms with Crippen molar-refractivity contribution in [1.29, 1.82) is 0 Å². The monoisotopic (exact) mass is 274 g/mol. The molecule has 1 aromatic rings. The molecule has 2 aliphatic carbocycles. The van der Waals surface area contributed by atoms with Crippen LogP contribution >= 0.6 is 0 Å². The minimum Gasteiger partial charge on any atom is -0.484 e. The molecule has 1 atom stereocenters. The van der Waals surface area contributed by atoms with Crippen molar-refractivity contribution in [2.45, 2.75) is 50.6 Å². The van der Waals surface area contributed by atoms with E-state index in [0.29, 0.717) is 6.04 Å². The van der Waals surface area contributed by atoms with Gasteiger partial charge in [0.1, 0.15) is 5.75 Å². The van der Waals surface area contributed by atoms with E-state index in [9.17, 15) is 4.79 Å². The normalized spacial score (nSPS) is 21.8. The smallest absolute Gasteiger partial charge is 0.258 e. The third kappa shape index (κ3) is 2.96. The number of ether oxygens (including phenoxy) is 1. The second kappa shape index (κ2) is 5.83. The van der Waals surface area contributed by atoms with Crippen LogP contribution in [-0.2, 0) is 11.2 Å². The van der Waals surface area contributed by atoms with Crippen molar-refractivity contribution in [3.8, 4) is 5.75 Å². The number of nitrogens with two attached hydrogens (primary N) is 1. The number of aryl methyl sites for hydroxylation is 1. The van der Waals surface area contributed by atoms with Crippen molar-refractivity contribution in [2.75, 3.05) is 6.61 Å². The highest BCUT2D eigenvalue weighted by Crippen LogP contribution is 2.31. The first-order valence-corrected chi connectivity index (χ1v) is 7.53. The van der Waals surface area contributed by atoms with Crippen LogP contribution in [0.1, 0.15) is 49.3 Å². The van der Waals surface area contributed by atoms with E-state index in [1.54, 1.807) is 0 Å². The molecule has 0 radical (unpaired) electrons. The van der Waals surface area contributed by atoms with E-state index < -0.39 is 0 Å². The number of benzene rings is 1. The van der Waals surface area contributed by atoms with Gasteiger partial charge in [-0.2, -0.15) is 0 Å². The second-order valence-corrected chi connectivity index (χ2v) is 5.84. The zero-order valence-corrected chi connectivity index (χ0v) is 11.7. The summed E-state index contributed by atoms with van der Waals surface area (Å²) < 4.78 is 5.59. The number of amides is 1. The molecule has 1 amide bonds. The number of hydrogen-bond acceptors (Lipinski definition) is 3. The average molecular weight is 274 g/mol. The van der Waals surface area contributed by atoms with Crippen molar-refractivity contribution in [2.24, 2.45) is 5.73 Å². The van der Waals surface area contributed by atoms with Gasteiger partial charge in [-0.05, 0) is 48.9 Å². The van der Waals surface area contributed by atoms with Gasteiger partial charge < -0.3 is 15.8 Å². The van der Waals surface area contributed by atoms with Gasteiger partial charge in [0, 0.05) is 12.1 Å². The molecule has 0 spiro atoms. The van der Waals surface area contributed by atoms with E-state index in [-0.39, 0.29) is 18.6 Å². The molecule has 3 rings (SSSR count). The van der Waals surface area contributed by atoms with E-state index >= 15 is 0 Å².